The summed E-state index contributed by atoms with van der Waals surface area (Å²) < 4.78 is 1.79. The van der Waals surface area contributed by atoms with E-state index in [0.29, 0.717) is 6.54 Å². The van der Waals surface area contributed by atoms with Gasteiger partial charge in [-0.2, -0.15) is 5.10 Å². The Kier molecular flexibility index (Phi) is 6.09. The standard InChI is InChI=1S/C24H28IN7O/c1-24(14-27-31-26)10-9-18-21(13-24)29-30-22(18)20-11-16-7-8-17(12-19(16)28-20)32(25)23(33)15-5-3-2-4-6-15/h7-8,11-12,15,28H,2-6,9-10,13-14H2,1H3,(H,29,30). The third kappa shape index (κ3) is 4.36. The molecule has 2 aromatic heterocycles. The molecule has 1 saturated carbocycles. The monoisotopic (exact) mass is 557 g/mol. The molecular weight excluding hydrogens is 529 g/mol. The lowest BCUT2D eigenvalue weighted by Gasteiger charge is -2.31. The van der Waals surface area contributed by atoms with Gasteiger partial charge in [-0.15, -0.1) is 0 Å². The van der Waals surface area contributed by atoms with Gasteiger partial charge in [0, 0.05) is 39.5 Å². The van der Waals surface area contributed by atoms with Gasteiger partial charge in [0.25, 0.3) is 0 Å². The van der Waals surface area contributed by atoms with E-state index >= 15 is 0 Å². The molecule has 2 aliphatic rings. The zero-order chi connectivity index (χ0) is 23.0. The van der Waals surface area contributed by atoms with Crippen LogP contribution in [-0.4, -0.2) is 27.6 Å². The topological polar surface area (TPSA) is 114 Å². The second-order valence-corrected chi connectivity index (χ2v) is 10.8. The number of anilines is 1. The fourth-order valence-electron chi connectivity index (χ4n) is 5.32. The van der Waals surface area contributed by atoms with Crippen molar-refractivity contribution >= 4 is 45.4 Å². The number of halogens is 1. The van der Waals surface area contributed by atoms with Crippen LogP contribution in [0.1, 0.15) is 56.7 Å². The molecule has 9 heteroatoms. The second kappa shape index (κ2) is 9.02. The molecule has 1 atom stereocenters. The van der Waals surface area contributed by atoms with Crippen molar-refractivity contribution in [1.29, 1.82) is 0 Å². The van der Waals surface area contributed by atoms with Crippen molar-refractivity contribution in [2.75, 3.05) is 9.66 Å². The Morgan fingerprint density at radius 2 is 2.15 bits per heavy atom. The van der Waals surface area contributed by atoms with Gasteiger partial charge >= 0.3 is 0 Å². The molecule has 172 valence electrons. The minimum Gasteiger partial charge on any atom is -0.353 e. The van der Waals surface area contributed by atoms with Crippen molar-refractivity contribution in [3.8, 4) is 11.4 Å². The molecule has 3 aromatic rings. The van der Waals surface area contributed by atoms with Gasteiger partial charge in [-0.25, -0.2) is 0 Å². The number of carbonyl (C=O) groups is 1. The van der Waals surface area contributed by atoms with E-state index in [9.17, 15) is 4.79 Å². The first kappa shape index (κ1) is 22.3. The van der Waals surface area contributed by atoms with E-state index in [-0.39, 0.29) is 17.2 Å². The number of azide groups is 1. The average molecular weight is 557 g/mol. The molecule has 1 aromatic carbocycles. The van der Waals surface area contributed by atoms with E-state index in [2.05, 4.69) is 73.2 Å². The van der Waals surface area contributed by atoms with E-state index in [0.717, 1.165) is 78.6 Å². The van der Waals surface area contributed by atoms with Crippen molar-refractivity contribution in [2.24, 2.45) is 16.4 Å². The van der Waals surface area contributed by atoms with Crippen LogP contribution in [0.2, 0.25) is 0 Å². The van der Waals surface area contributed by atoms with Gasteiger partial charge in [-0.05, 0) is 61.2 Å². The number of nitrogens with one attached hydrogen (secondary N) is 2. The Balaban J connectivity index is 1.39. The van der Waals surface area contributed by atoms with Gasteiger partial charge in [0.15, 0.2) is 0 Å². The molecule has 33 heavy (non-hydrogen) atoms. The summed E-state index contributed by atoms with van der Waals surface area (Å²) in [5.74, 6) is 0.359. The van der Waals surface area contributed by atoms with E-state index in [4.69, 9.17) is 5.53 Å². The summed E-state index contributed by atoms with van der Waals surface area (Å²) in [5.41, 5.74) is 14.9. The molecule has 0 aliphatic heterocycles. The van der Waals surface area contributed by atoms with Crippen LogP contribution in [0.25, 0.3) is 32.7 Å². The zero-order valence-corrected chi connectivity index (χ0v) is 20.9. The average Bonchev–Trinajstić information content (AvgIpc) is 3.45. The lowest BCUT2D eigenvalue weighted by Crippen LogP contribution is -2.29. The fourth-order valence-corrected chi connectivity index (χ4v) is 6.01. The number of fused-ring (bicyclic) bond motifs is 2. The van der Waals surface area contributed by atoms with Gasteiger partial charge in [-0.3, -0.25) is 13.0 Å². The fraction of sp³-hybridized carbons (Fsp3) is 0.500. The van der Waals surface area contributed by atoms with Crippen LogP contribution >= 0.6 is 22.9 Å². The molecule has 1 amide bonds. The van der Waals surface area contributed by atoms with Crippen LogP contribution in [0.4, 0.5) is 5.69 Å². The van der Waals surface area contributed by atoms with E-state index in [1.807, 2.05) is 6.07 Å². The first-order chi connectivity index (χ1) is 16.0. The van der Waals surface area contributed by atoms with E-state index < -0.39 is 0 Å². The number of hydrogen-bond acceptors (Lipinski definition) is 3. The lowest BCUT2D eigenvalue weighted by atomic mass is 9.74. The summed E-state index contributed by atoms with van der Waals surface area (Å²) in [7, 11) is 0. The number of aromatic nitrogens is 3. The second-order valence-electron chi connectivity index (χ2n) is 9.81. The summed E-state index contributed by atoms with van der Waals surface area (Å²) in [5, 5.41) is 12.8. The van der Waals surface area contributed by atoms with Crippen LogP contribution < -0.4 is 3.11 Å². The number of rotatable bonds is 5. The zero-order valence-electron chi connectivity index (χ0n) is 18.8. The highest BCUT2D eigenvalue weighted by molar-refractivity contribution is 14.1. The molecule has 5 rings (SSSR count). The molecule has 1 fully saturated rings. The third-order valence-electron chi connectivity index (χ3n) is 7.29. The van der Waals surface area contributed by atoms with Gasteiger partial charge < -0.3 is 4.98 Å². The molecule has 2 aliphatic carbocycles. The number of aromatic amines is 2. The van der Waals surface area contributed by atoms with Crippen LogP contribution in [0.15, 0.2) is 29.4 Å². The highest BCUT2D eigenvalue weighted by Gasteiger charge is 2.33. The van der Waals surface area contributed by atoms with Crippen LogP contribution in [-0.2, 0) is 17.6 Å². The molecule has 2 heterocycles. The Morgan fingerprint density at radius 1 is 1.33 bits per heavy atom. The first-order valence-corrected chi connectivity index (χ1v) is 12.6. The normalized spacial score (nSPS) is 20.9. The summed E-state index contributed by atoms with van der Waals surface area (Å²) >= 11 is 2.15. The molecule has 0 saturated heterocycles. The summed E-state index contributed by atoms with van der Waals surface area (Å²) in [6, 6.07) is 8.28. The lowest BCUT2D eigenvalue weighted by molar-refractivity contribution is -0.121. The maximum absolute atomic E-state index is 13.0. The predicted octanol–water partition coefficient (Wildman–Crippen LogP) is 6.63. The van der Waals surface area contributed by atoms with Gasteiger partial charge in [-0.1, -0.05) is 37.4 Å². The van der Waals surface area contributed by atoms with Crippen LogP contribution in [0.5, 0.6) is 0 Å². The van der Waals surface area contributed by atoms with Crippen molar-refractivity contribution in [1.82, 2.24) is 15.2 Å². The number of carbonyl (C=O) groups excluding carboxylic acids is 1. The van der Waals surface area contributed by atoms with Gasteiger partial charge in [0.05, 0.1) is 34.2 Å². The minimum absolute atomic E-state index is 0.0347. The van der Waals surface area contributed by atoms with Crippen LogP contribution in [0, 0.1) is 11.3 Å². The first-order valence-electron chi connectivity index (χ1n) is 11.7. The van der Waals surface area contributed by atoms with Crippen LogP contribution in [0.3, 0.4) is 0 Å². The maximum Gasteiger partial charge on any atom is 0.238 e. The number of hydrogen-bond donors (Lipinski definition) is 2. The Labute approximate surface area is 206 Å². The molecule has 1 unspecified atom stereocenters. The Hall–Kier alpha value is -2.52. The molecule has 8 nitrogen and oxygen atoms in total. The molecule has 2 N–H and O–H groups in total. The number of nitrogens with zero attached hydrogens (tertiary/aromatic N) is 5. The predicted molar refractivity (Wildman–Crippen MR) is 138 cm³/mol. The van der Waals surface area contributed by atoms with Gasteiger partial charge in [0.1, 0.15) is 5.69 Å². The Bertz CT molecular complexity index is 1230. The van der Waals surface area contributed by atoms with E-state index in [1.54, 1.807) is 3.11 Å². The smallest absolute Gasteiger partial charge is 0.238 e. The molecule has 0 bridgehead atoms. The molecular formula is C24H28IN7O. The third-order valence-corrected chi connectivity index (χ3v) is 8.32. The number of H-pyrrole nitrogens is 2. The highest BCUT2D eigenvalue weighted by atomic mass is 127. The molecule has 0 radical (unpaired) electrons. The molecule has 0 spiro atoms. The summed E-state index contributed by atoms with van der Waals surface area (Å²) in [4.78, 5) is 19.4. The maximum atomic E-state index is 13.0. The number of benzene rings is 1. The minimum atomic E-state index is -0.0347. The summed E-state index contributed by atoms with van der Waals surface area (Å²) in [6.45, 7) is 2.67. The van der Waals surface area contributed by atoms with Gasteiger partial charge in [0.2, 0.25) is 5.91 Å². The van der Waals surface area contributed by atoms with Crippen molar-refractivity contribution < 1.29 is 4.79 Å². The van der Waals surface area contributed by atoms with Crippen molar-refractivity contribution in [3.63, 3.8) is 0 Å². The SMILES string of the molecule is CC1(CN=[N+]=[N-])CCc2c(-c3cc4ccc(N(I)C(=O)C5CCCCC5)cc4[nH]3)n[nH]c2C1. The largest absolute Gasteiger partial charge is 0.353 e. The van der Waals surface area contributed by atoms with Crippen molar-refractivity contribution in [3.05, 3.63) is 46.0 Å². The van der Waals surface area contributed by atoms with Crippen molar-refractivity contribution in [2.45, 2.75) is 58.3 Å². The van der Waals surface area contributed by atoms with E-state index in [1.165, 1.54) is 12.0 Å². The quantitative estimate of drug-likeness (QED) is 0.121. The summed E-state index contributed by atoms with van der Waals surface area (Å²) in [6.07, 6.45) is 8.23. The Morgan fingerprint density at radius 3 is 2.94 bits per heavy atom. The number of amides is 1. The highest BCUT2D eigenvalue weighted by Crippen LogP contribution is 2.39.